The first kappa shape index (κ1) is 18.8. The van der Waals surface area contributed by atoms with E-state index >= 15 is 0 Å². The number of benzene rings is 1. The number of carbonyl (C=O) groups excluding carboxylic acids is 1. The van der Waals surface area contributed by atoms with Crippen LogP contribution < -0.4 is 5.43 Å². The lowest BCUT2D eigenvalue weighted by molar-refractivity contribution is -0.114. The van der Waals surface area contributed by atoms with Crippen LogP contribution in [0.3, 0.4) is 0 Å². The van der Waals surface area contributed by atoms with Gasteiger partial charge in [-0.25, -0.2) is 0 Å². The quantitative estimate of drug-likeness (QED) is 0.709. The predicted molar refractivity (Wildman–Crippen MR) is 118 cm³/mol. The molecule has 3 aliphatic heterocycles. The average Bonchev–Trinajstić information content (AvgIpc) is 2.99. The van der Waals surface area contributed by atoms with E-state index in [1.807, 2.05) is 0 Å². The van der Waals surface area contributed by atoms with E-state index in [4.69, 9.17) is 9.83 Å². The molecule has 9 heteroatoms. The van der Waals surface area contributed by atoms with E-state index in [0.717, 1.165) is 31.1 Å². The zero-order chi connectivity index (χ0) is 20.7. The molecule has 30 heavy (non-hydrogen) atoms. The van der Waals surface area contributed by atoms with E-state index in [-0.39, 0.29) is 22.4 Å². The molecular weight excluding hydrogens is 402 g/mol. The number of hydrogen-bond donors (Lipinski definition) is 1. The maximum absolute atomic E-state index is 12.8. The van der Waals surface area contributed by atoms with Gasteiger partial charge in [-0.15, -0.1) is 5.10 Å². The molecule has 152 valence electrons. The highest BCUT2D eigenvalue weighted by Crippen LogP contribution is 2.30. The average molecular weight is 421 g/mol. The number of rotatable bonds is 1. The maximum Gasteiger partial charge on any atom is 0.283 e. The summed E-state index contributed by atoms with van der Waals surface area (Å²) in [6.07, 6.45) is 7.29. The number of likely N-dealkylation sites (tertiary alicyclic amines) is 1. The number of carbonyl (C=O) groups is 1. The Hall–Kier alpha value is -3.20. The van der Waals surface area contributed by atoms with E-state index in [9.17, 15) is 9.59 Å². The normalized spacial score (nSPS) is 21.0. The van der Waals surface area contributed by atoms with Crippen molar-refractivity contribution in [3.05, 3.63) is 51.9 Å². The Kier molecular flexibility index (Phi) is 4.74. The van der Waals surface area contributed by atoms with Crippen LogP contribution in [0.15, 0.2) is 55.4 Å². The Morgan fingerprint density at radius 3 is 2.63 bits per heavy atom. The van der Waals surface area contributed by atoms with Crippen LogP contribution in [-0.4, -0.2) is 45.1 Å². The molecule has 0 unspecified atom stereocenters. The van der Waals surface area contributed by atoms with Gasteiger partial charge in [-0.3, -0.25) is 15.0 Å². The summed E-state index contributed by atoms with van der Waals surface area (Å²) in [7, 11) is 0. The molecule has 0 atom stereocenters. The van der Waals surface area contributed by atoms with Crippen molar-refractivity contribution >= 4 is 50.9 Å². The molecule has 0 spiro atoms. The van der Waals surface area contributed by atoms with E-state index in [1.165, 1.54) is 42.0 Å². The molecule has 5 rings (SSSR count). The second-order valence-corrected chi connectivity index (χ2v) is 8.25. The fraction of sp³-hybridized carbons (Fsp3) is 0.286. The summed E-state index contributed by atoms with van der Waals surface area (Å²) in [5.74, 6) is -0.645. The lowest BCUT2D eigenvalue weighted by Crippen LogP contribution is -2.35. The van der Waals surface area contributed by atoms with Crippen LogP contribution >= 0.6 is 11.8 Å². The standard InChI is InChI=1S/C21H19N5O3S/c22-18-15(11-13-12-29-16-8-4-3-7-14(16)17(13)27)19(28)23-20-26(18)24-21(30-20)25-9-5-1-2-6-10-25/h3-4,7-8,11-12,22H,1-2,5-6,9-10H2. The number of hydrazone groups is 1. The van der Waals surface area contributed by atoms with E-state index in [0.29, 0.717) is 16.1 Å². The smallest absolute Gasteiger partial charge is 0.283 e. The fourth-order valence-electron chi connectivity index (χ4n) is 3.72. The molecule has 1 saturated heterocycles. The molecule has 1 aromatic heterocycles. The number of para-hydroxylation sites is 1. The first-order valence-electron chi connectivity index (χ1n) is 9.87. The third kappa shape index (κ3) is 3.24. The second kappa shape index (κ2) is 7.56. The van der Waals surface area contributed by atoms with Gasteiger partial charge in [0, 0.05) is 13.1 Å². The molecule has 1 N–H and O–H groups in total. The first-order chi connectivity index (χ1) is 14.6. The van der Waals surface area contributed by atoms with Gasteiger partial charge in [-0.05, 0) is 42.8 Å². The number of aliphatic imine (C=N–C) groups is 1. The van der Waals surface area contributed by atoms with Gasteiger partial charge in [0.1, 0.15) is 11.8 Å². The van der Waals surface area contributed by atoms with Crippen molar-refractivity contribution in [2.24, 2.45) is 10.1 Å². The minimum Gasteiger partial charge on any atom is -0.463 e. The molecule has 1 fully saturated rings. The summed E-state index contributed by atoms with van der Waals surface area (Å²) in [4.78, 5) is 31.7. The topological polar surface area (TPSA) is 102 Å². The SMILES string of the molecule is N=C1C(=Cc2coc3ccccc3c2=O)C(=O)N=C2SC(N3CCCCCC3)=NN12. The van der Waals surface area contributed by atoms with Crippen molar-refractivity contribution in [1.82, 2.24) is 9.91 Å². The summed E-state index contributed by atoms with van der Waals surface area (Å²) in [6.45, 7) is 1.82. The van der Waals surface area contributed by atoms with Gasteiger partial charge in [0.15, 0.2) is 16.4 Å². The van der Waals surface area contributed by atoms with Crippen molar-refractivity contribution in [3.63, 3.8) is 0 Å². The Balaban J connectivity index is 1.49. The van der Waals surface area contributed by atoms with Gasteiger partial charge >= 0.3 is 0 Å². The second-order valence-electron chi connectivity index (χ2n) is 7.32. The Morgan fingerprint density at radius 2 is 1.83 bits per heavy atom. The first-order valence-corrected chi connectivity index (χ1v) is 10.7. The van der Waals surface area contributed by atoms with Crippen molar-refractivity contribution in [2.75, 3.05) is 13.1 Å². The van der Waals surface area contributed by atoms with Crippen molar-refractivity contribution in [3.8, 4) is 0 Å². The molecule has 2 aromatic rings. The molecular formula is C21H19N5O3S. The summed E-state index contributed by atoms with van der Waals surface area (Å²) in [6, 6.07) is 6.91. The van der Waals surface area contributed by atoms with Gasteiger partial charge in [0.25, 0.3) is 5.91 Å². The summed E-state index contributed by atoms with van der Waals surface area (Å²) in [5, 5.41) is 16.0. The zero-order valence-corrected chi connectivity index (χ0v) is 16.9. The summed E-state index contributed by atoms with van der Waals surface area (Å²) in [5.41, 5.74) is 0.425. The maximum atomic E-state index is 12.8. The molecule has 1 aromatic carbocycles. The minimum absolute atomic E-state index is 0.0165. The van der Waals surface area contributed by atoms with Crippen LogP contribution in [0.5, 0.6) is 0 Å². The van der Waals surface area contributed by atoms with Gasteiger partial charge in [-0.2, -0.15) is 10.0 Å². The summed E-state index contributed by atoms with van der Waals surface area (Å²) < 4.78 is 5.52. The van der Waals surface area contributed by atoms with Gasteiger partial charge in [0.05, 0.1) is 16.5 Å². The van der Waals surface area contributed by atoms with Crippen LogP contribution in [0.1, 0.15) is 31.2 Å². The van der Waals surface area contributed by atoms with Gasteiger partial charge in [-0.1, -0.05) is 25.0 Å². The van der Waals surface area contributed by atoms with Crippen LogP contribution in [0.2, 0.25) is 0 Å². The molecule has 0 aliphatic carbocycles. The lowest BCUT2D eigenvalue weighted by Gasteiger charge is -2.20. The van der Waals surface area contributed by atoms with E-state index in [1.54, 1.807) is 24.3 Å². The van der Waals surface area contributed by atoms with E-state index < -0.39 is 5.91 Å². The number of nitrogens with zero attached hydrogens (tertiary/aromatic N) is 4. The van der Waals surface area contributed by atoms with Crippen LogP contribution in [0.25, 0.3) is 17.0 Å². The van der Waals surface area contributed by atoms with Crippen molar-refractivity contribution in [2.45, 2.75) is 25.7 Å². The molecule has 8 nitrogen and oxygen atoms in total. The third-order valence-corrected chi connectivity index (χ3v) is 6.30. The number of fused-ring (bicyclic) bond motifs is 2. The van der Waals surface area contributed by atoms with Crippen LogP contribution in [0.4, 0.5) is 0 Å². The van der Waals surface area contributed by atoms with Gasteiger partial charge < -0.3 is 9.32 Å². The number of amides is 1. The highest BCUT2D eigenvalue weighted by molar-refractivity contribution is 8.26. The molecule has 4 heterocycles. The van der Waals surface area contributed by atoms with Crippen molar-refractivity contribution < 1.29 is 9.21 Å². The largest absolute Gasteiger partial charge is 0.463 e. The molecule has 0 radical (unpaired) electrons. The Morgan fingerprint density at radius 1 is 1.07 bits per heavy atom. The fourth-order valence-corrected chi connectivity index (χ4v) is 4.66. The molecule has 0 saturated carbocycles. The van der Waals surface area contributed by atoms with E-state index in [2.05, 4.69) is 15.0 Å². The highest BCUT2D eigenvalue weighted by Gasteiger charge is 2.37. The Labute approximate surface area is 176 Å². The Bertz CT molecular complexity index is 1200. The number of amidine groups is 3. The number of nitrogens with one attached hydrogen (secondary N) is 1. The molecule has 1 amide bonds. The summed E-state index contributed by atoms with van der Waals surface area (Å²) >= 11 is 1.31. The zero-order valence-electron chi connectivity index (χ0n) is 16.1. The van der Waals surface area contributed by atoms with Crippen LogP contribution in [0, 0.1) is 5.41 Å². The monoisotopic (exact) mass is 421 g/mol. The number of thioether (sulfide) groups is 1. The van der Waals surface area contributed by atoms with Crippen molar-refractivity contribution in [1.29, 1.82) is 5.41 Å². The predicted octanol–water partition coefficient (Wildman–Crippen LogP) is 3.25. The lowest BCUT2D eigenvalue weighted by atomic mass is 10.1. The molecule has 3 aliphatic rings. The van der Waals surface area contributed by atoms with Crippen LogP contribution in [-0.2, 0) is 4.79 Å². The minimum atomic E-state index is -0.557. The number of hydrogen-bond acceptors (Lipinski definition) is 7. The molecule has 0 bridgehead atoms. The van der Waals surface area contributed by atoms with Gasteiger partial charge in [0.2, 0.25) is 5.17 Å². The highest BCUT2D eigenvalue weighted by atomic mass is 32.2. The third-order valence-electron chi connectivity index (χ3n) is 5.33.